The maximum absolute atomic E-state index is 4.48. The number of nitrogens with one attached hydrogen (secondary N) is 2. The molecule has 0 saturated heterocycles. The maximum Gasteiger partial charge on any atom is 0.139 e. The molecule has 0 unspecified atom stereocenters. The molecule has 0 atom stereocenters. The monoisotopic (exact) mass is 280 g/mol. The van der Waals surface area contributed by atoms with Crippen molar-refractivity contribution >= 4 is 44.0 Å². The van der Waals surface area contributed by atoms with Gasteiger partial charge in [-0.3, -0.25) is 0 Å². The van der Waals surface area contributed by atoms with Gasteiger partial charge in [0, 0.05) is 23.5 Å². The molecule has 3 heterocycles. The van der Waals surface area contributed by atoms with E-state index in [0.29, 0.717) is 0 Å². The second-order valence-corrected chi connectivity index (χ2v) is 5.87. The first-order valence-corrected chi connectivity index (χ1v) is 7.17. The Morgan fingerprint density at radius 3 is 3.10 bits per heavy atom. The zero-order valence-corrected chi connectivity index (χ0v) is 11.7. The molecule has 5 heteroatoms. The zero-order valence-electron chi connectivity index (χ0n) is 10.8. The van der Waals surface area contributed by atoms with Gasteiger partial charge in [0.2, 0.25) is 0 Å². The van der Waals surface area contributed by atoms with Crippen molar-refractivity contribution < 1.29 is 0 Å². The lowest BCUT2D eigenvalue weighted by Gasteiger charge is -2.07. The van der Waals surface area contributed by atoms with E-state index in [-0.39, 0.29) is 0 Å². The van der Waals surface area contributed by atoms with Gasteiger partial charge >= 0.3 is 0 Å². The molecule has 0 radical (unpaired) electrons. The highest BCUT2D eigenvalue weighted by Gasteiger charge is 2.05. The number of benzene rings is 1. The van der Waals surface area contributed by atoms with E-state index in [0.717, 1.165) is 32.9 Å². The van der Waals surface area contributed by atoms with Gasteiger partial charge in [-0.15, -0.1) is 11.3 Å². The van der Waals surface area contributed by atoms with E-state index in [9.17, 15) is 0 Å². The molecule has 4 aromatic rings. The van der Waals surface area contributed by atoms with Crippen LogP contribution in [0.4, 0.5) is 11.4 Å². The quantitative estimate of drug-likeness (QED) is 0.578. The Labute approximate surface area is 119 Å². The first kappa shape index (κ1) is 11.4. The molecule has 4 rings (SSSR count). The third-order valence-corrected chi connectivity index (χ3v) is 4.17. The van der Waals surface area contributed by atoms with Crippen molar-refractivity contribution in [2.75, 3.05) is 5.32 Å². The standard InChI is InChI=1S/C15H12N4S/c1-9-18-13-3-2-10(8-14(13)20-9)19-12-5-7-17-15-11(12)4-6-16-15/h2-8H,1H3,(H2,16,17,19). The number of thiazole rings is 1. The molecule has 0 amide bonds. The molecular formula is C15H12N4S. The Hall–Kier alpha value is -2.40. The molecule has 0 aliphatic rings. The van der Waals surface area contributed by atoms with Crippen LogP contribution < -0.4 is 5.32 Å². The largest absolute Gasteiger partial charge is 0.355 e. The number of aryl methyl sites for hydroxylation is 1. The van der Waals surface area contributed by atoms with Gasteiger partial charge in [-0.05, 0) is 37.3 Å². The van der Waals surface area contributed by atoms with E-state index in [4.69, 9.17) is 0 Å². The van der Waals surface area contributed by atoms with Crippen molar-refractivity contribution in [2.24, 2.45) is 0 Å². The van der Waals surface area contributed by atoms with E-state index in [1.807, 2.05) is 25.3 Å². The van der Waals surface area contributed by atoms with Crippen molar-refractivity contribution in [3.63, 3.8) is 0 Å². The van der Waals surface area contributed by atoms with E-state index in [1.54, 1.807) is 17.5 Å². The fourth-order valence-electron chi connectivity index (χ4n) is 2.34. The molecule has 0 bridgehead atoms. The van der Waals surface area contributed by atoms with Crippen molar-refractivity contribution in [3.8, 4) is 0 Å². The number of hydrogen-bond acceptors (Lipinski definition) is 4. The molecule has 4 nitrogen and oxygen atoms in total. The van der Waals surface area contributed by atoms with E-state index in [2.05, 4.69) is 38.5 Å². The van der Waals surface area contributed by atoms with Crippen LogP contribution in [0.3, 0.4) is 0 Å². The SMILES string of the molecule is Cc1nc2ccc(Nc3ccnc4[nH]ccc34)cc2s1. The second kappa shape index (κ2) is 4.31. The summed E-state index contributed by atoms with van der Waals surface area (Å²) >= 11 is 1.71. The molecular weight excluding hydrogens is 268 g/mol. The van der Waals surface area contributed by atoms with Crippen LogP contribution in [0.5, 0.6) is 0 Å². The molecule has 0 fully saturated rings. The summed E-state index contributed by atoms with van der Waals surface area (Å²) in [5, 5.41) is 5.64. The van der Waals surface area contributed by atoms with Gasteiger partial charge < -0.3 is 10.3 Å². The summed E-state index contributed by atoms with van der Waals surface area (Å²) in [6.07, 6.45) is 3.70. The predicted molar refractivity (Wildman–Crippen MR) is 83.7 cm³/mol. The van der Waals surface area contributed by atoms with Crippen molar-refractivity contribution in [1.29, 1.82) is 0 Å². The summed E-state index contributed by atoms with van der Waals surface area (Å²) in [4.78, 5) is 11.9. The van der Waals surface area contributed by atoms with Crippen LogP contribution in [0.1, 0.15) is 5.01 Å². The number of pyridine rings is 1. The van der Waals surface area contributed by atoms with Crippen LogP contribution in [0.15, 0.2) is 42.7 Å². The van der Waals surface area contributed by atoms with Crippen LogP contribution in [-0.4, -0.2) is 15.0 Å². The Kier molecular flexibility index (Phi) is 2.47. The van der Waals surface area contributed by atoms with E-state index in [1.165, 1.54) is 4.70 Å². The highest BCUT2D eigenvalue weighted by Crippen LogP contribution is 2.28. The number of nitrogens with zero attached hydrogens (tertiary/aromatic N) is 2. The van der Waals surface area contributed by atoms with Gasteiger partial charge in [-0.1, -0.05) is 0 Å². The fraction of sp³-hybridized carbons (Fsp3) is 0.0667. The Morgan fingerprint density at radius 2 is 2.15 bits per heavy atom. The average molecular weight is 280 g/mol. The number of anilines is 2. The minimum absolute atomic E-state index is 0.893. The van der Waals surface area contributed by atoms with Crippen molar-refractivity contribution in [1.82, 2.24) is 15.0 Å². The first-order valence-electron chi connectivity index (χ1n) is 6.36. The number of aromatic nitrogens is 3. The summed E-state index contributed by atoms with van der Waals surface area (Å²) in [6.45, 7) is 2.03. The van der Waals surface area contributed by atoms with E-state index >= 15 is 0 Å². The number of H-pyrrole nitrogens is 1. The van der Waals surface area contributed by atoms with E-state index < -0.39 is 0 Å². The third-order valence-electron chi connectivity index (χ3n) is 3.23. The molecule has 1 aromatic carbocycles. The molecule has 0 saturated carbocycles. The summed E-state index contributed by atoms with van der Waals surface area (Å²) in [7, 11) is 0. The summed E-state index contributed by atoms with van der Waals surface area (Å²) in [5.74, 6) is 0. The Morgan fingerprint density at radius 1 is 1.20 bits per heavy atom. The highest BCUT2D eigenvalue weighted by molar-refractivity contribution is 7.18. The van der Waals surface area contributed by atoms with Crippen LogP contribution >= 0.6 is 11.3 Å². The zero-order chi connectivity index (χ0) is 13.5. The lowest BCUT2D eigenvalue weighted by Crippen LogP contribution is -1.91. The average Bonchev–Trinajstić information content (AvgIpc) is 3.03. The number of fused-ring (bicyclic) bond motifs is 2. The summed E-state index contributed by atoms with van der Waals surface area (Å²) in [5.41, 5.74) is 4.07. The molecule has 2 N–H and O–H groups in total. The molecule has 3 aromatic heterocycles. The van der Waals surface area contributed by atoms with Crippen LogP contribution in [-0.2, 0) is 0 Å². The number of aromatic amines is 1. The Balaban J connectivity index is 1.78. The topological polar surface area (TPSA) is 53.6 Å². The lowest BCUT2D eigenvalue weighted by molar-refractivity contribution is 1.32. The first-order chi connectivity index (χ1) is 9.79. The minimum atomic E-state index is 0.893. The van der Waals surface area contributed by atoms with Crippen molar-refractivity contribution in [3.05, 3.63) is 47.7 Å². The second-order valence-electron chi connectivity index (χ2n) is 4.64. The lowest BCUT2D eigenvalue weighted by atomic mass is 10.2. The van der Waals surface area contributed by atoms with Crippen LogP contribution in [0.2, 0.25) is 0 Å². The van der Waals surface area contributed by atoms with Gasteiger partial charge in [0.1, 0.15) is 5.65 Å². The predicted octanol–water partition coefficient (Wildman–Crippen LogP) is 4.22. The van der Waals surface area contributed by atoms with Gasteiger partial charge in [-0.25, -0.2) is 9.97 Å². The minimum Gasteiger partial charge on any atom is -0.355 e. The van der Waals surface area contributed by atoms with Gasteiger partial charge in [-0.2, -0.15) is 0 Å². The summed E-state index contributed by atoms with van der Waals surface area (Å²) < 4.78 is 1.20. The molecule has 98 valence electrons. The van der Waals surface area contributed by atoms with Gasteiger partial charge in [0.15, 0.2) is 0 Å². The molecule has 20 heavy (non-hydrogen) atoms. The number of hydrogen-bond donors (Lipinski definition) is 2. The van der Waals surface area contributed by atoms with Crippen LogP contribution in [0, 0.1) is 6.92 Å². The fourth-order valence-corrected chi connectivity index (χ4v) is 3.21. The van der Waals surface area contributed by atoms with Gasteiger partial charge in [0.05, 0.1) is 20.9 Å². The molecule has 0 aliphatic carbocycles. The van der Waals surface area contributed by atoms with Crippen LogP contribution in [0.25, 0.3) is 21.3 Å². The molecule has 0 spiro atoms. The highest BCUT2D eigenvalue weighted by atomic mass is 32.1. The number of rotatable bonds is 2. The summed E-state index contributed by atoms with van der Waals surface area (Å²) in [6, 6.07) is 10.3. The van der Waals surface area contributed by atoms with Gasteiger partial charge in [0.25, 0.3) is 0 Å². The normalized spacial score (nSPS) is 11.2. The maximum atomic E-state index is 4.48. The molecule has 0 aliphatic heterocycles. The smallest absolute Gasteiger partial charge is 0.139 e. The van der Waals surface area contributed by atoms with Crippen molar-refractivity contribution in [2.45, 2.75) is 6.92 Å². The Bertz CT molecular complexity index is 906. The third kappa shape index (κ3) is 1.83.